The molecule has 0 aromatic rings. The number of aliphatic hydroxyl groups is 6. The summed E-state index contributed by atoms with van der Waals surface area (Å²) in [5.41, 5.74) is 5.93. The Morgan fingerprint density at radius 1 is 0.951 bits per heavy atom. The van der Waals surface area contributed by atoms with E-state index in [4.69, 9.17) is 19.9 Å². The molecule has 9 N–H and O–H groups in total. The molecule has 2 saturated heterocycles. The van der Waals surface area contributed by atoms with E-state index in [0.29, 0.717) is 25.2 Å². The number of piperidine rings is 1. The maximum atomic E-state index is 14.0. The summed E-state index contributed by atoms with van der Waals surface area (Å²) in [6.07, 6.45) is -4.59. The highest BCUT2D eigenvalue weighted by atomic mass is 16.8. The molecule has 234 valence electrons. The average Bonchev–Trinajstić information content (AvgIpc) is 2.96. The minimum Gasteiger partial charge on any atom is -0.392 e. The molecule has 0 radical (unpaired) electrons. The number of carbonyl (C=O) groups is 2. The van der Waals surface area contributed by atoms with E-state index in [1.54, 1.807) is 0 Å². The number of nitrogens with two attached hydrogens (primary N) is 1. The molecule has 0 spiro atoms. The lowest BCUT2D eigenvalue weighted by molar-refractivity contribution is -0.405. The smallest absolute Gasteiger partial charge is 0.221 e. The number of carbonyl (C=O) groups excluding carboxylic acids is 2. The van der Waals surface area contributed by atoms with Crippen LogP contribution in [-0.4, -0.2) is 117 Å². The number of ether oxygens (including phenoxy) is 3. The van der Waals surface area contributed by atoms with E-state index in [0.717, 1.165) is 32.2 Å². The summed E-state index contributed by atoms with van der Waals surface area (Å²) in [6.45, 7) is -0.233. The molecular weight excluding hydrogens is 540 g/mol. The van der Waals surface area contributed by atoms with Gasteiger partial charge in [0, 0.05) is 25.4 Å². The maximum absolute atomic E-state index is 14.0. The molecule has 3 aliphatic carbocycles. The normalized spacial score (nSPS) is 50.7. The van der Waals surface area contributed by atoms with E-state index in [-0.39, 0.29) is 30.1 Å². The van der Waals surface area contributed by atoms with Gasteiger partial charge in [-0.15, -0.1) is 0 Å². The van der Waals surface area contributed by atoms with Crippen LogP contribution < -0.4 is 11.1 Å². The number of ketones is 2. The molecule has 0 aromatic heterocycles. The molecule has 15 atom stereocenters. The van der Waals surface area contributed by atoms with Crippen molar-refractivity contribution in [2.45, 2.75) is 106 Å². The van der Waals surface area contributed by atoms with Gasteiger partial charge >= 0.3 is 0 Å². The zero-order valence-corrected chi connectivity index (χ0v) is 23.5. The Morgan fingerprint density at radius 2 is 1.66 bits per heavy atom. The number of methoxy groups -OCH3 is 1. The molecule has 13 heteroatoms. The minimum absolute atomic E-state index is 0.0343. The molecule has 2 heterocycles. The van der Waals surface area contributed by atoms with Gasteiger partial charge in [0.15, 0.2) is 6.29 Å². The number of hydrogen-bond donors (Lipinski definition) is 8. The Labute approximate surface area is 239 Å². The van der Waals surface area contributed by atoms with E-state index in [2.05, 4.69) is 5.32 Å². The van der Waals surface area contributed by atoms with Gasteiger partial charge in [-0.3, -0.25) is 9.59 Å². The van der Waals surface area contributed by atoms with Crippen molar-refractivity contribution in [3.63, 3.8) is 0 Å². The van der Waals surface area contributed by atoms with Crippen LogP contribution in [0.25, 0.3) is 0 Å². The fourth-order valence-corrected chi connectivity index (χ4v) is 7.99. The van der Waals surface area contributed by atoms with Crippen LogP contribution >= 0.6 is 0 Å². The highest BCUT2D eigenvalue weighted by Crippen LogP contribution is 2.50. The van der Waals surface area contributed by atoms with Crippen LogP contribution in [0.5, 0.6) is 0 Å². The molecule has 10 unspecified atom stereocenters. The summed E-state index contributed by atoms with van der Waals surface area (Å²) in [7, 11) is 1.49. The van der Waals surface area contributed by atoms with Gasteiger partial charge < -0.3 is 55.9 Å². The van der Waals surface area contributed by atoms with Crippen LogP contribution in [0.2, 0.25) is 0 Å². The monoisotopic (exact) mass is 586 g/mol. The minimum atomic E-state index is -2.61. The molecule has 3 saturated carbocycles. The third-order valence-electron chi connectivity index (χ3n) is 10.4. The van der Waals surface area contributed by atoms with Gasteiger partial charge in [0.2, 0.25) is 5.79 Å². The van der Waals surface area contributed by atoms with Gasteiger partial charge in [-0.2, -0.15) is 0 Å². The lowest BCUT2D eigenvalue weighted by atomic mass is 9.55. The van der Waals surface area contributed by atoms with Crippen LogP contribution in [-0.2, 0) is 23.8 Å². The van der Waals surface area contributed by atoms with E-state index >= 15 is 0 Å². The fourth-order valence-electron chi connectivity index (χ4n) is 7.99. The lowest BCUT2D eigenvalue weighted by Gasteiger charge is -2.51. The molecule has 0 bridgehead atoms. The third-order valence-corrected chi connectivity index (χ3v) is 10.4. The summed E-state index contributed by atoms with van der Waals surface area (Å²) in [6, 6.07) is 0. The van der Waals surface area contributed by atoms with E-state index < -0.39 is 79.0 Å². The largest absolute Gasteiger partial charge is 0.392 e. The summed E-state index contributed by atoms with van der Waals surface area (Å²) in [5, 5.41) is 65.4. The van der Waals surface area contributed by atoms with Crippen LogP contribution in [0.15, 0.2) is 0 Å². The van der Waals surface area contributed by atoms with Crippen LogP contribution in [0.3, 0.4) is 0 Å². The highest BCUT2D eigenvalue weighted by molar-refractivity contribution is 6.00. The number of rotatable bonds is 7. The van der Waals surface area contributed by atoms with Crippen molar-refractivity contribution < 1.29 is 54.4 Å². The quantitative estimate of drug-likeness (QED) is 0.158. The summed E-state index contributed by atoms with van der Waals surface area (Å²) >= 11 is 0. The van der Waals surface area contributed by atoms with Gasteiger partial charge in [-0.1, -0.05) is 6.42 Å². The molecule has 5 rings (SSSR count). The first kappa shape index (κ1) is 31.3. The van der Waals surface area contributed by atoms with Crippen molar-refractivity contribution >= 4 is 11.6 Å². The second-order valence-corrected chi connectivity index (χ2v) is 12.9. The summed E-state index contributed by atoms with van der Waals surface area (Å²) < 4.78 is 16.8. The summed E-state index contributed by atoms with van der Waals surface area (Å²) in [4.78, 5) is 27.9. The van der Waals surface area contributed by atoms with Crippen molar-refractivity contribution in [2.24, 2.45) is 41.2 Å². The molecule has 13 nitrogen and oxygen atoms in total. The SMILES string of the molecule is COC1CC(O[C@H]2O[C@](O)(CO)[C@@H](O)[C@H](O)[C@H]2O)C2C(=O)C3C(O)CC(CCC4CCC(N)NC4)CC3C(=O)C2C1. The topological polar surface area (TPSA) is 221 Å². The van der Waals surface area contributed by atoms with Gasteiger partial charge in [0.25, 0.3) is 0 Å². The number of fused-ring (bicyclic) bond motifs is 2. The van der Waals surface area contributed by atoms with Crippen LogP contribution in [0.4, 0.5) is 0 Å². The van der Waals surface area contributed by atoms with Crippen molar-refractivity contribution in [1.82, 2.24) is 5.32 Å². The van der Waals surface area contributed by atoms with Crippen LogP contribution in [0.1, 0.15) is 51.4 Å². The van der Waals surface area contributed by atoms with Crippen LogP contribution in [0, 0.1) is 35.5 Å². The van der Waals surface area contributed by atoms with Crippen molar-refractivity contribution in [2.75, 3.05) is 20.3 Å². The first-order valence-corrected chi connectivity index (χ1v) is 14.9. The number of Topliss-reactive ketones (excluding diaryl/α,β-unsaturated/α-hetero) is 2. The first-order valence-electron chi connectivity index (χ1n) is 14.9. The zero-order chi connectivity index (χ0) is 29.6. The van der Waals surface area contributed by atoms with E-state index in [9.17, 15) is 40.2 Å². The Kier molecular flexibility index (Phi) is 9.54. The van der Waals surface area contributed by atoms with Crippen molar-refractivity contribution in [1.29, 1.82) is 0 Å². The Bertz CT molecular complexity index is 948. The van der Waals surface area contributed by atoms with E-state index in [1.165, 1.54) is 7.11 Å². The average molecular weight is 587 g/mol. The van der Waals surface area contributed by atoms with Crippen molar-refractivity contribution in [3.05, 3.63) is 0 Å². The number of nitrogens with one attached hydrogen (secondary N) is 1. The molecule has 2 aliphatic heterocycles. The van der Waals surface area contributed by atoms with Crippen molar-refractivity contribution in [3.8, 4) is 0 Å². The van der Waals surface area contributed by atoms with Gasteiger partial charge in [-0.05, 0) is 56.9 Å². The second kappa shape index (κ2) is 12.5. The Hall–Kier alpha value is -1.10. The second-order valence-electron chi connectivity index (χ2n) is 12.9. The Balaban J connectivity index is 1.31. The number of hydrogen-bond acceptors (Lipinski definition) is 13. The third kappa shape index (κ3) is 6.01. The molecule has 41 heavy (non-hydrogen) atoms. The predicted octanol–water partition coefficient (Wildman–Crippen LogP) is -2.25. The molecule has 0 amide bonds. The Morgan fingerprint density at radius 3 is 2.32 bits per heavy atom. The summed E-state index contributed by atoms with van der Waals surface area (Å²) in [5.74, 6) is -5.50. The number of aliphatic hydroxyl groups excluding tert-OH is 5. The van der Waals surface area contributed by atoms with Gasteiger partial charge in [-0.25, -0.2) is 0 Å². The maximum Gasteiger partial charge on any atom is 0.221 e. The van der Waals surface area contributed by atoms with E-state index in [1.807, 2.05) is 0 Å². The molecule has 5 fully saturated rings. The zero-order valence-electron chi connectivity index (χ0n) is 23.5. The molecular formula is C28H46N2O11. The fraction of sp³-hybridized carbons (Fsp3) is 0.929. The molecule has 0 aromatic carbocycles. The standard InChI is InChI=1S/C28H46N2O11/c1-39-14-8-16-21(18(9-14)40-27-25(36)24(35)26(37)28(38,11-31)41-27)23(34)20-15(22(16)33)6-13(7-17(20)32)3-2-12-4-5-19(29)30-10-12/h12-21,24-27,30-32,35-38H,2-11,29H2,1H3/t12?,13?,14?,15?,16?,17?,18?,19?,20?,21?,24-,25-,26+,27+,28-/m1/s1. The molecule has 5 aliphatic rings. The van der Waals surface area contributed by atoms with Gasteiger partial charge in [0.1, 0.15) is 29.9 Å². The first-order chi connectivity index (χ1) is 19.5. The lowest BCUT2D eigenvalue weighted by Crippen LogP contribution is -2.67. The predicted molar refractivity (Wildman–Crippen MR) is 140 cm³/mol. The highest BCUT2D eigenvalue weighted by Gasteiger charge is 2.60. The van der Waals surface area contributed by atoms with Gasteiger partial charge in [0.05, 0.1) is 42.9 Å².